The second kappa shape index (κ2) is 13.6. The molecule has 8 nitrogen and oxygen atoms in total. The highest BCUT2D eigenvalue weighted by Crippen LogP contribution is 2.38. The summed E-state index contributed by atoms with van der Waals surface area (Å²) >= 11 is 6.91. The molecule has 4 N–H and O–H groups in total. The van der Waals surface area contributed by atoms with Crippen molar-refractivity contribution in [1.82, 2.24) is 25.9 Å². The highest BCUT2D eigenvalue weighted by atomic mass is 35.5. The number of benzene rings is 3. The van der Waals surface area contributed by atoms with Crippen LogP contribution in [0, 0.1) is 17.1 Å². The molecular weight excluding hydrogens is 599 g/mol. The smallest absolute Gasteiger partial charge is 0.123 e. The molecule has 0 unspecified atom stereocenters. The van der Waals surface area contributed by atoms with Crippen LogP contribution in [-0.2, 0) is 0 Å². The van der Waals surface area contributed by atoms with E-state index < -0.39 is 0 Å². The summed E-state index contributed by atoms with van der Waals surface area (Å²) in [4.78, 5) is 7.14. The van der Waals surface area contributed by atoms with Crippen molar-refractivity contribution in [1.29, 1.82) is 5.26 Å². The molecule has 1 saturated heterocycles. The highest BCUT2D eigenvalue weighted by molar-refractivity contribution is 6.35. The summed E-state index contributed by atoms with van der Waals surface area (Å²) in [5, 5.41) is 20.9. The van der Waals surface area contributed by atoms with Gasteiger partial charge in [-0.15, -0.1) is 5.53 Å². The number of rotatable bonds is 11. The Labute approximate surface area is 274 Å². The third-order valence-corrected chi connectivity index (χ3v) is 9.41. The molecule has 2 atom stereocenters. The third-order valence-electron chi connectivity index (χ3n) is 9.12. The third kappa shape index (κ3) is 6.75. The number of nitriles is 1. The number of likely N-dealkylation sites (tertiary alicyclic amines) is 1. The summed E-state index contributed by atoms with van der Waals surface area (Å²) in [6.45, 7) is 3.23. The first kappa shape index (κ1) is 30.3. The Morgan fingerprint density at radius 2 is 1.78 bits per heavy atom. The molecular formula is C36H38ClFN8. The van der Waals surface area contributed by atoms with E-state index in [-0.39, 0.29) is 17.9 Å². The molecule has 46 heavy (non-hydrogen) atoms. The quantitative estimate of drug-likeness (QED) is 0.135. The summed E-state index contributed by atoms with van der Waals surface area (Å²) in [5.74, 6) is -0.290. The molecule has 0 bridgehead atoms. The lowest BCUT2D eigenvalue weighted by atomic mass is 10.00. The van der Waals surface area contributed by atoms with Gasteiger partial charge in [-0.3, -0.25) is 9.99 Å². The minimum Gasteiger partial charge on any atom is -0.377 e. The predicted octanol–water partition coefficient (Wildman–Crippen LogP) is 7.41. The Morgan fingerprint density at radius 3 is 2.52 bits per heavy atom. The monoisotopic (exact) mass is 636 g/mol. The molecule has 2 fully saturated rings. The Hall–Kier alpha value is -4.36. The number of hydrogen-bond donors (Lipinski definition) is 4. The topological polar surface area (TPSA) is 91.3 Å². The fraction of sp³-hybridized carbons (Fsp3) is 0.333. The van der Waals surface area contributed by atoms with Gasteiger partial charge in [-0.05, 0) is 80.6 Å². The van der Waals surface area contributed by atoms with Crippen LogP contribution in [-0.4, -0.2) is 40.6 Å². The molecule has 0 spiro atoms. The average Bonchev–Trinajstić information content (AvgIpc) is 3.83. The zero-order valence-electron chi connectivity index (χ0n) is 25.6. The summed E-state index contributed by atoms with van der Waals surface area (Å²) < 4.78 is 13.9. The van der Waals surface area contributed by atoms with E-state index in [9.17, 15) is 9.65 Å². The molecule has 3 aromatic carbocycles. The molecule has 236 valence electrons. The van der Waals surface area contributed by atoms with Crippen LogP contribution in [0.1, 0.15) is 67.3 Å². The summed E-state index contributed by atoms with van der Waals surface area (Å²) in [5.41, 5.74) is 12.0. The number of nitrogens with zero attached hydrogens (tertiary/aromatic N) is 4. The molecule has 1 aromatic heterocycles. The van der Waals surface area contributed by atoms with Gasteiger partial charge in [-0.25, -0.2) is 4.39 Å². The van der Waals surface area contributed by atoms with Crippen LogP contribution in [0.2, 0.25) is 5.02 Å². The standard InChI is InChI=1S/C36H38ClFN8/c37-31-20-28(41-35(25-9-11-27(38)12-10-25)33-23-46(44-43-33)29-13-14-29)19-30-34(26(21-39)22-40-36(30)31)42-32(24-7-3-1-4-8-24)15-18-45-16-5-2-6-17-45/h1,3-4,7-12,19-20,22-23,29,32,35,41,43-44H,2,5-6,13-18H2,(H,40,42)/t32-,35+/m1/s1. The number of pyridine rings is 1. The van der Waals surface area contributed by atoms with E-state index in [4.69, 9.17) is 11.6 Å². The minimum atomic E-state index is -0.324. The fourth-order valence-electron chi connectivity index (χ4n) is 6.46. The number of nitrogens with one attached hydrogen (secondary N) is 4. The Morgan fingerprint density at radius 1 is 1.00 bits per heavy atom. The summed E-state index contributed by atoms with van der Waals surface area (Å²) in [6, 6.07) is 23.3. The van der Waals surface area contributed by atoms with E-state index >= 15 is 0 Å². The first-order valence-corrected chi connectivity index (χ1v) is 16.5. The molecule has 0 radical (unpaired) electrons. The molecule has 3 aliphatic rings. The number of fused-ring (bicyclic) bond motifs is 1. The van der Waals surface area contributed by atoms with Crippen LogP contribution in [0.25, 0.3) is 10.9 Å². The van der Waals surface area contributed by atoms with E-state index in [1.165, 1.54) is 31.4 Å². The Kier molecular flexibility index (Phi) is 8.93. The number of piperidine rings is 1. The van der Waals surface area contributed by atoms with Gasteiger partial charge in [0.05, 0.1) is 39.6 Å². The van der Waals surface area contributed by atoms with Gasteiger partial charge in [-0.1, -0.05) is 60.5 Å². The molecule has 3 heterocycles. The molecule has 1 saturated carbocycles. The number of hydrogen-bond acceptors (Lipinski definition) is 8. The van der Waals surface area contributed by atoms with Gasteiger partial charge in [0.25, 0.3) is 0 Å². The maximum atomic E-state index is 13.9. The Balaban J connectivity index is 1.24. The zero-order chi connectivity index (χ0) is 31.5. The van der Waals surface area contributed by atoms with Crippen molar-refractivity contribution in [2.75, 3.05) is 30.3 Å². The first-order chi connectivity index (χ1) is 22.6. The van der Waals surface area contributed by atoms with Crippen molar-refractivity contribution in [2.45, 2.75) is 56.7 Å². The van der Waals surface area contributed by atoms with E-state index in [0.29, 0.717) is 27.8 Å². The number of halogens is 2. The summed E-state index contributed by atoms with van der Waals surface area (Å²) in [7, 11) is 0. The number of aromatic nitrogens is 1. The van der Waals surface area contributed by atoms with Crippen LogP contribution in [0.4, 0.5) is 15.8 Å². The van der Waals surface area contributed by atoms with Gasteiger partial charge >= 0.3 is 0 Å². The van der Waals surface area contributed by atoms with Gasteiger partial charge < -0.3 is 21.0 Å². The largest absolute Gasteiger partial charge is 0.377 e. The van der Waals surface area contributed by atoms with Crippen molar-refractivity contribution in [3.8, 4) is 6.07 Å². The first-order valence-electron chi connectivity index (χ1n) is 16.2. The second-order valence-electron chi connectivity index (χ2n) is 12.4. The van der Waals surface area contributed by atoms with Gasteiger partial charge in [0.1, 0.15) is 11.9 Å². The molecule has 4 aromatic rings. The lowest BCUT2D eigenvalue weighted by Gasteiger charge is -2.29. The maximum absolute atomic E-state index is 13.9. The Bertz CT molecular complexity index is 1750. The molecule has 1 aliphatic carbocycles. The van der Waals surface area contributed by atoms with Crippen LogP contribution >= 0.6 is 11.6 Å². The second-order valence-corrected chi connectivity index (χ2v) is 12.8. The lowest BCUT2D eigenvalue weighted by Crippen LogP contribution is -2.38. The van der Waals surface area contributed by atoms with E-state index in [1.807, 2.05) is 18.2 Å². The predicted molar refractivity (Wildman–Crippen MR) is 181 cm³/mol. The van der Waals surface area contributed by atoms with E-state index in [0.717, 1.165) is 66.8 Å². The molecule has 0 amide bonds. The van der Waals surface area contributed by atoms with Crippen LogP contribution in [0.5, 0.6) is 0 Å². The lowest BCUT2D eigenvalue weighted by molar-refractivity contribution is 0.223. The summed E-state index contributed by atoms with van der Waals surface area (Å²) in [6.07, 6.45) is 10.6. The van der Waals surface area contributed by atoms with Crippen molar-refractivity contribution in [3.63, 3.8) is 0 Å². The van der Waals surface area contributed by atoms with E-state index in [2.05, 4.69) is 73.0 Å². The molecule has 2 aliphatic heterocycles. The van der Waals surface area contributed by atoms with Crippen molar-refractivity contribution in [3.05, 3.63) is 112 Å². The fourth-order valence-corrected chi connectivity index (χ4v) is 6.73. The maximum Gasteiger partial charge on any atom is 0.123 e. The van der Waals surface area contributed by atoms with Gasteiger partial charge in [0.15, 0.2) is 0 Å². The SMILES string of the molecule is N#Cc1cnc2c(Cl)cc(N[C@H](C3=CN(C4CC4)NN3)c3ccc(F)cc3)cc2c1N[C@H](CCN1CCCCC1)c1ccccc1. The normalized spacial score (nSPS) is 18.0. The van der Waals surface area contributed by atoms with Crippen molar-refractivity contribution >= 4 is 33.9 Å². The van der Waals surface area contributed by atoms with Crippen LogP contribution < -0.4 is 21.6 Å². The average molecular weight is 637 g/mol. The highest BCUT2D eigenvalue weighted by Gasteiger charge is 2.32. The minimum absolute atomic E-state index is 0.0180. The molecule has 7 rings (SSSR count). The van der Waals surface area contributed by atoms with E-state index in [1.54, 1.807) is 18.3 Å². The van der Waals surface area contributed by atoms with Gasteiger partial charge in [0, 0.05) is 36.1 Å². The number of anilines is 2. The van der Waals surface area contributed by atoms with Gasteiger partial charge in [-0.2, -0.15) is 5.26 Å². The van der Waals surface area contributed by atoms with Crippen molar-refractivity contribution in [2.24, 2.45) is 0 Å². The van der Waals surface area contributed by atoms with Gasteiger partial charge in [0.2, 0.25) is 0 Å². The number of hydrazine groups is 2. The van der Waals surface area contributed by atoms with Crippen LogP contribution in [0.3, 0.4) is 0 Å². The van der Waals surface area contributed by atoms with Crippen molar-refractivity contribution < 1.29 is 4.39 Å². The van der Waals surface area contributed by atoms with Crippen LogP contribution in [0.15, 0.2) is 84.8 Å². The molecule has 10 heteroatoms. The zero-order valence-corrected chi connectivity index (χ0v) is 26.4.